The maximum atomic E-state index is 12.2. The van der Waals surface area contributed by atoms with E-state index in [9.17, 15) is 9.59 Å². The Morgan fingerprint density at radius 1 is 1.08 bits per heavy atom. The molecule has 1 aromatic rings. The lowest BCUT2D eigenvalue weighted by atomic mass is 10.1. The molecule has 1 aliphatic heterocycles. The van der Waals surface area contributed by atoms with E-state index >= 15 is 0 Å². The van der Waals surface area contributed by atoms with Gasteiger partial charge < -0.3 is 20.0 Å². The lowest BCUT2D eigenvalue weighted by molar-refractivity contribution is -0.132. The molecule has 1 aliphatic carbocycles. The number of carbonyl (C=O) groups excluding carboxylic acids is 2. The third-order valence-corrected chi connectivity index (χ3v) is 5.08. The largest absolute Gasteiger partial charge is 0.368 e. The highest BCUT2D eigenvalue weighted by Gasteiger charge is 2.34. The number of amides is 2. The van der Waals surface area contributed by atoms with Crippen molar-refractivity contribution in [3.05, 3.63) is 29.8 Å². The van der Waals surface area contributed by atoms with Crippen LogP contribution in [0.1, 0.15) is 29.6 Å². The Hall–Kier alpha value is -2.08. The fourth-order valence-corrected chi connectivity index (χ4v) is 3.30. The zero-order valence-electron chi connectivity index (χ0n) is 15.9. The van der Waals surface area contributed by atoms with E-state index in [-0.39, 0.29) is 5.91 Å². The topological polar surface area (TPSA) is 55.9 Å². The minimum Gasteiger partial charge on any atom is -0.368 e. The highest BCUT2D eigenvalue weighted by molar-refractivity contribution is 5.94. The smallest absolute Gasteiger partial charge is 0.251 e. The number of carbonyl (C=O) groups is 2. The van der Waals surface area contributed by atoms with Crippen molar-refractivity contribution in [3.8, 4) is 0 Å². The van der Waals surface area contributed by atoms with Crippen molar-refractivity contribution in [2.75, 3.05) is 58.3 Å². The summed E-state index contributed by atoms with van der Waals surface area (Å²) in [5, 5.41) is 2.96. The summed E-state index contributed by atoms with van der Waals surface area (Å²) in [6.45, 7) is 4.96. The van der Waals surface area contributed by atoms with Crippen molar-refractivity contribution in [1.29, 1.82) is 0 Å². The first-order chi connectivity index (χ1) is 12.5. The first-order valence-corrected chi connectivity index (χ1v) is 9.61. The molecule has 0 spiro atoms. The fourth-order valence-electron chi connectivity index (χ4n) is 3.30. The van der Waals surface area contributed by atoms with Gasteiger partial charge in [-0.05, 0) is 64.2 Å². The predicted octanol–water partition coefficient (Wildman–Crippen LogP) is 1.43. The molecular formula is C20H30N4O2. The van der Waals surface area contributed by atoms with E-state index in [1.165, 1.54) is 0 Å². The predicted molar refractivity (Wildman–Crippen MR) is 103 cm³/mol. The number of rotatable bonds is 7. The van der Waals surface area contributed by atoms with Gasteiger partial charge in [0.2, 0.25) is 5.91 Å². The molecule has 0 radical (unpaired) electrons. The van der Waals surface area contributed by atoms with Crippen molar-refractivity contribution >= 4 is 17.5 Å². The van der Waals surface area contributed by atoms with Gasteiger partial charge in [0.1, 0.15) is 0 Å². The molecule has 0 bridgehead atoms. The Bertz CT molecular complexity index is 617. The van der Waals surface area contributed by atoms with Crippen LogP contribution in [0.5, 0.6) is 0 Å². The maximum absolute atomic E-state index is 12.2. The Morgan fingerprint density at radius 2 is 1.73 bits per heavy atom. The van der Waals surface area contributed by atoms with Gasteiger partial charge in [-0.25, -0.2) is 0 Å². The molecule has 0 atom stereocenters. The molecule has 1 heterocycles. The van der Waals surface area contributed by atoms with Crippen LogP contribution in [0.25, 0.3) is 0 Å². The van der Waals surface area contributed by atoms with Crippen LogP contribution in [-0.4, -0.2) is 75.0 Å². The summed E-state index contributed by atoms with van der Waals surface area (Å²) in [7, 11) is 4.06. The highest BCUT2D eigenvalue weighted by Crippen LogP contribution is 2.31. The molecule has 1 saturated carbocycles. The van der Waals surface area contributed by atoms with Gasteiger partial charge in [-0.3, -0.25) is 9.59 Å². The SMILES string of the molecule is CN(C)CCCNC(=O)c1ccc(N2CCN(C(=O)C3CC3)CC2)cc1. The minimum absolute atomic E-state index is 0.0184. The molecular weight excluding hydrogens is 328 g/mol. The molecule has 2 aliphatic rings. The summed E-state index contributed by atoms with van der Waals surface area (Å²) in [4.78, 5) is 30.7. The lowest BCUT2D eigenvalue weighted by Crippen LogP contribution is -2.49. The summed E-state index contributed by atoms with van der Waals surface area (Å²) in [5.41, 5.74) is 1.81. The molecule has 6 nitrogen and oxygen atoms in total. The van der Waals surface area contributed by atoms with Gasteiger partial charge >= 0.3 is 0 Å². The van der Waals surface area contributed by atoms with Crippen molar-refractivity contribution < 1.29 is 9.59 Å². The summed E-state index contributed by atoms with van der Waals surface area (Å²) < 4.78 is 0. The van der Waals surface area contributed by atoms with Crippen LogP contribution in [0.15, 0.2) is 24.3 Å². The van der Waals surface area contributed by atoms with E-state index in [1.54, 1.807) is 0 Å². The number of nitrogens with one attached hydrogen (secondary N) is 1. The van der Waals surface area contributed by atoms with Crippen LogP contribution >= 0.6 is 0 Å². The van der Waals surface area contributed by atoms with E-state index in [0.29, 0.717) is 23.9 Å². The molecule has 6 heteroatoms. The zero-order valence-corrected chi connectivity index (χ0v) is 15.9. The standard InChI is InChI=1S/C20H30N4O2/c1-22(2)11-3-10-21-19(25)16-6-8-18(9-7-16)23-12-14-24(15-13-23)20(26)17-4-5-17/h6-9,17H,3-5,10-15H2,1-2H3,(H,21,25). The molecule has 1 aromatic carbocycles. The first-order valence-electron chi connectivity index (χ1n) is 9.61. The maximum Gasteiger partial charge on any atom is 0.251 e. The molecule has 2 fully saturated rings. The number of nitrogens with zero attached hydrogens (tertiary/aromatic N) is 3. The van der Waals surface area contributed by atoms with Gasteiger partial charge in [-0.1, -0.05) is 0 Å². The molecule has 2 amide bonds. The second kappa shape index (κ2) is 8.54. The van der Waals surface area contributed by atoms with Crippen molar-refractivity contribution in [3.63, 3.8) is 0 Å². The lowest BCUT2D eigenvalue weighted by Gasteiger charge is -2.36. The molecule has 1 N–H and O–H groups in total. The monoisotopic (exact) mass is 358 g/mol. The Labute approximate surface area is 156 Å². The summed E-state index contributed by atoms with van der Waals surface area (Å²) in [6, 6.07) is 7.79. The van der Waals surface area contributed by atoms with Crippen LogP contribution in [0, 0.1) is 5.92 Å². The van der Waals surface area contributed by atoms with Crippen LogP contribution in [0.3, 0.4) is 0 Å². The van der Waals surface area contributed by atoms with Gasteiger partial charge in [0.25, 0.3) is 5.91 Å². The van der Waals surface area contributed by atoms with Crippen molar-refractivity contribution in [2.24, 2.45) is 5.92 Å². The van der Waals surface area contributed by atoms with Crippen molar-refractivity contribution in [1.82, 2.24) is 15.1 Å². The number of benzene rings is 1. The molecule has 26 heavy (non-hydrogen) atoms. The van der Waals surface area contributed by atoms with Crippen LogP contribution in [0.2, 0.25) is 0 Å². The Balaban J connectivity index is 1.45. The quantitative estimate of drug-likeness (QED) is 0.749. The van der Waals surface area contributed by atoms with Crippen LogP contribution < -0.4 is 10.2 Å². The highest BCUT2D eigenvalue weighted by atomic mass is 16.2. The Morgan fingerprint density at radius 3 is 2.31 bits per heavy atom. The number of anilines is 1. The molecule has 142 valence electrons. The second-order valence-corrected chi connectivity index (χ2v) is 7.55. The average molecular weight is 358 g/mol. The zero-order chi connectivity index (χ0) is 18.5. The number of piperazine rings is 1. The van der Waals surface area contributed by atoms with Gasteiger partial charge in [0.15, 0.2) is 0 Å². The van der Waals surface area contributed by atoms with Crippen LogP contribution in [0.4, 0.5) is 5.69 Å². The average Bonchev–Trinajstić information content (AvgIpc) is 3.50. The van der Waals surface area contributed by atoms with Gasteiger partial charge in [-0.2, -0.15) is 0 Å². The van der Waals surface area contributed by atoms with Crippen LogP contribution in [-0.2, 0) is 4.79 Å². The van der Waals surface area contributed by atoms with Crippen molar-refractivity contribution in [2.45, 2.75) is 19.3 Å². The second-order valence-electron chi connectivity index (χ2n) is 7.55. The van der Waals surface area contributed by atoms with E-state index in [1.807, 2.05) is 43.3 Å². The minimum atomic E-state index is -0.0184. The normalized spacial score (nSPS) is 17.5. The van der Waals surface area contributed by atoms with Gasteiger partial charge in [0, 0.05) is 49.9 Å². The van der Waals surface area contributed by atoms with E-state index < -0.39 is 0 Å². The molecule has 0 unspecified atom stereocenters. The van der Waals surface area contributed by atoms with Gasteiger partial charge in [0.05, 0.1) is 0 Å². The molecule has 1 saturated heterocycles. The number of hydrogen-bond acceptors (Lipinski definition) is 4. The summed E-state index contributed by atoms with van der Waals surface area (Å²) in [5.74, 6) is 0.623. The molecule has 0 aromatic heterocycles. The fraction of sp³-hybridized carbons (Fsp3) is 0.600. The molecule has 3 rings (SSSR count). The number of hydrogen-bond donors (Lipinski definition) is 1. The first kappa shape index (κ1) is 18.7. The van der Waals surface area contributed by atoms with E-state index in [0.717, 1.165) is 57.7 Å². The Kier molecular flexibility index (Phi) is 6.14. The van der Waals surface area contributed by atoms with E-state index in [4.69, 9.17) is 0 Å². The summed E-state index contributed by atoms with van der Waals surface area (Å²) in [6.07, 6.45) is 3.08. The third kappa shape index (κ3) is 4.97. The third-order valence-electron chi connectivity index (χ3n) is 5.08. The van der Waals surface area contributed by atoms with E-state index in [2.05, 4.69) is 15.1 Å². The van der Waals surface area contributed by atoms with Gasteiger partial charge in [-0.15, -0.1) is 0 Å². The summed E-state index contributed by atoms with van der Waals surface area (Å²) >= 11 is 0.